The smallest absolute Gasteiger partial charge is 0.207 e. The van der Waals surface area contributed by atoms with Crippen molar-refractivity contribution in [2.45, 2.75) is 19.9 Å². The predicted octanol–water partition coefficient (Wildman–Crippen LogP) is 3.89. The Hall–Kier alpha value is -1.24. The van der Waals surface area contributed by atoms with Crippen LogP contribution in [0.5, 0.6) is 0 Å². The molecule has 17 heavy (non-hydrogen) atoms. The van der Waals surface area contributed by atoms with Crippen LogP contribution < -0.4 is 0 Å². The van der Waals surface area contributed by atoms with Crippen LogP contribution in [0.25, 0.3) is 0 Å². The van der Waals surface area contributed by atoms with Crippen LogP contribution in [0.1, 0.15) is 25.5 Å². The molecule has 0 spiro atoms. The first-order valence-corrected chi connectivity index (χ1v) is 5.84. The summed E-state index contributed by atoms with van der Waals surface area (Å²) >= 11 is 12.0. The number of hydrogen-bond donors (Lipinski definition) is 0. The van der Waals surface area contributed by atoms with Crippen molar-refractivity contribution < 1.29 is 0 Å². The van der Waals surface area contributed by atoms with E-state index in [1.165, 1.54) is 0 Å². The van der Waals surface area contributed by atoms with Gasteiger partial charge in [0.05, 0.1) is 6.04 Å². The normalized spacial score (nSPS) is 13.1. The predicted molar refractivity (Wildman–Crippen MR) is 71.4 cm³/mol. The molecular formula is C12H13Cl2N3. The van der Waals surface area contributed by atoms with Gasteiger partial charge >= 0.3 is 0 Å². The Morgan fingerprint density at radius 3 is 2.65 bits per heavy atom. The molecule has 1 rings (SSSR count). The highest BCUT2D eigenvalue weighted by molar-refractivity contribution is 6.35. The van der Waals surface area contributed by atoms with E-state index in [4.69, 9.17) is 28.5 Å². The van der Waals surface area contributed by atoms with E-state index < -0.39 is 0 Å². The molecule has 0 bridgehead atoms. The quantitative estimate of drug-likeness (QED) is 0.464. The Morgan fingerprint density at radius 1 is 1.47 bits per heavy atom. The van der Waals surface area contributed by atoms with Crippen molar-refractivity contribution in [3.63, 3.8) is 0 Å². The fraction of sp³-hybridized carbons (Fsp3) is 0.333. The first-order chi connectivity index (χ1) is 7.97. The summed E-state index contributed by atoms with van der Waals surface area (Å²) in [5.41, 5.74) is 0.950. The topological polar surface area (TPSA) is 39.4 Å². The number of benzene rings is 1. The van der Waals surface area contributed by atoms with E-state index >= 15 is 0 Å². The van der Waals surface area contributed by atoms with E-state index in [0.29, 0.717) is 15.9 Å². The van der Waals surface area contributed by atoms with Crippen LogP contribution in [0.15, 0.2) is 23.2 Å². The number of hydrogen-bond acceptors (Lipinski definition) is 2. The van der Waals surface area contributed by atoms with E-state index in [0.717, 1.165) is 5.56 Å². The summed E-state index contributed by atoms with van der Waals surface area (Å²) in [4.78, 5) is 5.58. The molecule has 0 saturated carbocycles. The van der Waals surface area contributed by atoms with Crippen molar-refractivity contribution in [1.82, 2.24) is 4.90 Å². The molecule has 0 heterocycles. The van der Waals surface area contributed by atoms with E-state index in [-0.39, 0.29) is 6.04 Å². The maximum absolute atomic E-state index is 8.52. The maximum atomic E-state index is 8.52. The van der Waals surface area contributed by atoms with Crippen molar-refractivity contribution in [3.05, 3.63) is 33.8 Å². The molecular weight excluding hydrogens is 257 g/mol. The van der Waals surface area contributed by atoms with Crippen LogP contribution >= 0.6 is 23.2 Å². The molecule has 0 fully saturated rings. The second kappa shape index (κ2) is 5.90. The fourth-order valence-corrected chi connectivity index (χ4v) is 2.05. The Labute approximate surface area is 111 Å². The molecule has 3 nitrogen and oxygen atoms in total. The van der Waals surface area contributed by atoms with Crippen LogP contribution in [0, 0.1) is 11.5 Å². The average molecular weight is 270 g/mol. The molecule has 0 aliphatic heterocycles. The second-order valence-electron chi connectivity index (χ2n) is 3.71. The number of amidine groups is 1. The molecule has 1 aromatic rings. The summed E-state index contributed by atoms with van der Waals surface area (Å²) in [6.07, 6.45) is 1.77. The van der Waals surface area contributed by atoms with Gasteiger partial charge in [-0.25, -0.2) is 0 Å². The van der Waals surface area contributed by atoms with Gasteiger partial charge in [0.1, 0.15) is 5.84 Å². The zero-order valence-electron chi connectivity index (χ0n) is 9.91. The lowest BCUT2D eigenvalue weighted by Gasteiger charge is -2.26. The summed E-state index contributed by atoms with van der Waals surface area (Å²) in [6.45, 7) is 3.77. The number of halogens is 2. The zero-order chi connectivity index (χ0) is 13.0. The van der Waals surface area contributed by atoms with Gasteiger partial charge in [-0.2, -0.15) is 10.3 Å². The molecule has 90 valence electrons. The summed E-state index contributed by atoms with van der Waals surface area (Å²) in [7, 11) is 1.87. The lowest BCUT2D eigenvalue weighted by atomic mass is 10.1. The van der Waals surface area contributed by atoms with Gasteiger partial charge in [0.15, 0.2) is 0 Å². The van der Waals surface area contributed by atoms with E-state index in [1.807, 2.05) is 24.9 Å². The van der Waals surface area contributed by atoms with Crippen LogP contribution in [0.4, 0.5) is 0 Å². The number of nitriles is 1. The van der Waals surface area contributed by atoms with Gasteiger partial charge < -0.3 is 4.90 Å². The summed E-state index contributed by atoms with van der Waals surface area (Å²) in [5.74, 6) is 0.644. The highest BCUT2D eigenvalue weighted by Crippen LogP contribution is 2.29. The third-order valence-electron chi connectivity index (χ3n) is 2.72. The highest BCUT2D eigenvalue weighted by Gasteiger charge is 2.15. The van der Waals surface area contributed by atoms with Crippen LogP contribution in [-0.4, -0.2) is 17.8 Å². The molecule has 5 heteroatoms. The van der Waals surface area contributed by atoms with Gasteiger partial charge in [-0.1, -0.05) is 29.3 Å². The number of nitrogens with zero attached hydrogens (tertiary/aromatic N) is 3. The van der Waals surface area contributed by atoms with Gasteiger partial charge in [-0.3, -0.25) is 0 Å². The SMILES string of the molecule is C/C(=N\C#N)N(C)C(C)c1ccc(Cl)cc1Cl. The minimum Gasteiger partial charge on any atom is -0.356 e. The molecule has 0 N–H and O–H groups in total. The third kappa shape index (κ3) is 3.36. The minimum absolute atomic E-state index is 0.0249. The summed E-state index contributed by atoms with van der Waals surface area (Å²) in [5, 5.41) is 9.74. The van der Waals surface area contributed by atoms with Gasteiger partial charge in [0, 0.05) is 17.1 Å². The molecule has 1 unspecified atom stereocenters. The molecule has 0 aliphatic carbocycles. The second-order valence-corrected chi connectivity index (χ2v) is 4.56. The largest absolute Gasteiger partial charge is 0.356 e. The average Bonchev–Trinajstić information content (AvgIpc) is 2.27. The van der Waals surface area contributed by atoms with Crippen LogP contribution in [0.3, 0.4) is 0 Å². The Morgan fingerprint density at radius 2 is 2.12 bits per heavy atom. The van der Waals surface area contributed by atoms with Crippen molar-refractivity contribution in [2.24, 2.45) is 4.99 Å². The van der Waals surface area contributed by atoms with Crippen molar-refractivity contribution >= 4 is 29.0 Å². The lowest BCUT2D eigenvalue weighted by Crippen LogP contribution is -2.27. The van der Waals surface area contributed by atoms with E-state index in [1.54, 1.807) is 25.2 Å². The van der Waals surface area contributed by atoms with Crippen molar-refractivity contribution in [3.8, 4) is 6.19 Å². The number of aliphatic imine (C=N–C) groups is 1. The highest BCUT2D eigenvalue weighted by atomic mass is 35.5. The molecule has 1 atom stereocenters. The van der Waals surface area contributed by atoms with Gasteiger partial charge in [0.25, 0.3) is 0 Å². The maximum Gasteiger partial charge on any atom is 0.207 e. The third-order valence-corrected chi connectivity index (χ3v) is 3.28. The van der Waals surface area contributed by atoms with E-state index in [2.05, 4.69) is 4.99 Å². The first-order valence-electron chi connectivity index (χ1n) is 5.08. The fourth-order valence-electron chi connectivity index (χ4n) is 1.48. The van der Waals surface area contributed by atoms with Crippen molar-refractivity contribution in [2.75, 3.05) is 7.05 Å². The summed E-state index contributed by atoms with van der Waals surface area (Å²) < 4.78 is 0. The molecule has 0 aromatic heterocycles. The van der Waals surface area contributed by atoms with Crippen LogP contribution in [-0.2, 0) is 0 Å². The van der Waals surface area contributed by atoms with Crippen LogP contribution in [0.2, 0.25) is 10.0 Å². The van der Waals surface area contributed by atoms with Gasteiger partial charge in [-0.15, -0.1) is 0 Å². The molecule has 0 radical (unpaired) electrons. The van der Waals surface area contributed by atoms with E-state index in [9.17, 15) is 0 Å². The molecule has 0 aliphatic rings. The zero-order valence-corrected chi connectivity index (χ0v) is 11.4. The summed E-state index contributed by atoms with van der Waals surface area (Å²) in [6, 6.07) is 5.41. The lowest BCUT2D eigenvalue weighted by molar-refractivity contribution is 0.400. The number of rotatable bonds is 2. The molecule has 0 amide bonds. The monoisotopic (exact) mass is 269 g/mol. The standard InChI is InChI=1S/C12H13Cl2N3/c1-8(17(3)9(2)16-7-15)11-5-4-10(13)6-12(11)14/h4-6,8H,1-3H3/b16-9+. The van der Waals surface area contributed by atoms with Gasteiger partial charge in [-0.05, 0) is 31.5 Å². The molecule has 1 aromatic carbocycles. The molecule has 0 saturated heterocycles. The van der Waals surface area contributed by atoms with Crippen molar-refractivity contribution in [1.29, 1.82) is 5.26 Å². The Kier molecular flexibility index (Phi) is 4.80. The van der Waals surface area contributed by atoms with Gasteiger partial charge in [0.2, 0.25) is 6.19 Å². The Balaban J connectivity index is 3.01. The first kappa shape index (κ1) is 13.8. The minimum atomic E-state index is 0.0249. The Bertz CT molecular complexity index is 477.